The maximum Gasteiger partial charge on any atom is 0.264 e. The van der Waals surface area contributed by atoms with Crippen LogP contribution in [0.25, 0.3) is 11.0 Å². The van der Waals surface area contributed by atoms with E-state index in [4.69, 9.17) is 10.7 Å². The second-order valence-electron chi connectivity index (χ2n) is 10.0. The van der Waals surface area contributed by atoms with E-state index >= 15 is 0 Å². The molecule has 2 N–H and O–H groups in total. The number of benzene rings is 2. The van der Waals surface area contributed by atoms with Crippen molar-refractivity contribution in [3.8, 4) is 0 Å². The Kier molecular flexibility index (Phi) is 5.96. The Hall–Kier alpha value is -2.54. The van der Waals surface area contributed by atoms with Gasteiger partial charge in [-0.15, -0.1) is 0 Å². The van der Waals surface area contributed by atoms with Gasteiger partial charge in [-0.2, -0.15) is 0 Å². The molecule has 1 aliphatic carbocycles. The van der Waals surface area contributed by atoms with Crippen molar-refractivity contribution in [2.75, 3.05) is 17.1 Å². The summed E-state index contributed by atoms with van der Waals surface area (Å²) >= 11 is 0. The summed E-state index contributed by atoms with van der Waals surface area (Å²) in [5.41, 5.74) is 8.61. The van der Waals surface area contributed by atoms with Gasteiger partial charge in [0.05, 0.1) is 21.6 Å². The number of hydrogen-bond acceptors (Lipinski definition) is 4. The molecule has 0 radical (unpaired) electrons. The van der Waals surface area contributed by atoms with Crippen molar-refractivity contribution in [3.63, 3.8) is 0 Å². The molecule has 1 aliphatic rings. The minimum Gasteiger partial charge on any atom is -0.399 e. The van der Waals surface area contributed by atoms with E-state index in [0.717, 1.165) is 23.4 Å². The number of nitrogens with two attached hydrogens (primary N) is 1. The van der Waals surface area contributed by atoms with Crippen molar-refractivity contribution in [1.82, 2.24) is 9.55 Å². The highest BCUT2D eigenvalue weighted by atomic mass is 32.2. The van der Waals surface area contributed by atoms with Gasteiger partial charge in [-0.1, -0.05) is 46.1 Å². The monoisotopic (exact) mass is 454 g/mol. The Labute approximate surface area is 191 Å². The van der Waals surface area contributed by atoms with Gasteiger partial charge in [0, 0.05) is 24.7 Å². The molecule has 172 valence electrons. The van der Waals surface area contributed by atoms with E-state index in [9.17, 15) is 8.42 Å². The lowest BCUT2D eigenvalue weighted by Gasteiger charge is -2.26. The molecule has 1 heterocycles. The van der Waals surface area contributed by atoms with E-state index in [0.29, 0.717) is 17.3 Å². The average Bonchev–Trinajstić information content (AvgIpc) is 3.12. The second-order valence-corrected chi connectivity index (χ2v) is 12.0. The number of nitrogens with zero attached hydrogens (tertiary/aromatic N) is 3. The molecule has 3 aromatic rings. The Morgan fingerprint density at radius 1 is 1.09 bits per heavy atom. The molecular weight excluding hydrogens is 420 g/mol. The maximum absolute atomic E-state index is 13.2. The number of imidazole rings is 1. The summed E-state index contributed by atoms with van der Waals surface area (Å²) < 4.78 is 30.0. The molecule has 1 aromatic heterocycles. The normalized spacial score (nSPS) is 15.9. The zero-order valence-electron chi connectivity index (χ0n) is 19.5. The first-order chi connectivity index (χ1) is 15.1. The highest BCUT2D eigenvalue weighted by Gasteiger charge is 2.27. The number of anilines is 2. The predicted octanol–water partition coefficient (Wildman–Crippen LogP) is 5.32. The van der Waals surface area contributed by atoms with Crippen LogP contribution < -0.4 is 10.0 Å². The molecule has 1 fully saturated rings. The number of fused-ring (bicyclic) bond motifs is 1. The van der Waals surface area contributed by atoms with Crippen LogP contribution in [-0.4, -0.2) is 25.0 Å². The van der Waals surface area contributed by atoms with Crippen LogP contribution in [0.1, 0.15) is 58.7 Å². The molecule has 0 aliphatic heterocycles. The quantitative estimate of drug-likeness (QED) is 0.529. The molecule has 1 saturated carbocycles. The van der Waals surface area contributed by atoms with E-state index in [2.05, 4.69) is 25.3 Å². The molecule has 0 bridgehead atoms. The molecule has 6 nitrogen and oxygen atoms in total. The fourth-order valence-electron chi connectivity index (χ4n) is 4.67. The third-order valence-corrected chi connectivity index (χ3v) is 8.23. The first-order valence-corrected chi connectivity index (χ1v) is 12.9. The van der Waals surface area contributed by atoms with Crippen molar-refractivity contribution in [1.29, 1.82) is 0 Å². The van der Waals surface area contributed by atoms with E-state index in [1.807, 2.05) is 18.2 Å². The third-order valence-electron chi connectivity index (χ3n) is 6.45. The van der Waals surface area contributed by atoms with Gasteiger partial charge in [0.15, 0.2) is 0 Å². The molecule has 32 heavy (non-hydrogen) atoms. The zero-order chi connectivity index (χ0) is 23.1. The Morgan fingerprint density at radius 3 is 2.47 bits per heavy atom. The molecule has 4 rings (SSSR count). The van der Waals surface area contributed by atoms with Crippen LogP contribution in [0.4, 0.5) is 11.4 Å². The van der Waals surface area contributed by atoms with Gasteiger partial charge >= 0.3 is 0 Å². The topological polar surface area (TPSA) is 81.2 Å². The summed E-state index contributed by atoms with van der Waals surface area (Å²) in [7, 11) is -2.15. The summed E-state index contributed by atoms with van der Waals surface area (Å²) in [5, 5.41) is 0. The first kappa shape index (κ1) is 22.6. The molecule has 7 heteroatoms. The van der Waals surface area contributed by atoms with Crippen molar-refractivity contribution in [2.24, 2.45) is 5.92 Å². The van der Waals surface area contributed by atoms with Gasteiger partial charge in [0.25, 0.3) is 10.0 Å². The fraction of sp³-hybridized carbons (Fsp3) is 0.480. The number of nitrogen functional groups attached to an aromatic ring is 1. The van der Waals surface area contributed by atoms with Crippen LogP contribution in [0.5, 0.6) is 0 Å². The van der Waals surface area contributed by atoms with Gasteiger partial charge in [-0.05, 0) is 55.2 Å². The lowest BCUT2D eigenvalue weighted by atomic mass is 9.88. The first-order valence-electron chi connectivity index (χ1n) is 11.4. The Morgan fingerprint density at radius 2 is 1.81 bits per heavy atom. The summed E-state index contributed by atoms with van der Waals surface area (Å²) in [5.74, 6) is 1.73. The number of rotatable bonds is 5. The summed E-state index contributed by atoms with van der Waals surface area (Å²) in [4.78, 5) is 5.16. The van der Waals surface area contributed by atoms with Gasteiger partial charge < -0.3 is 10.3 Å². The van der Waals surface area contributed by atoms with E-state index in [-0.39, 0.29) is 10.3 Å². The third kappa shape index (κ3) is 4.35. The summed E-state index contributed by atoms with van der Waals surface area (Å²) in [6.07, 6.45) is 6.48. The van der Waals surface area contributed by atoms with Gasteiger partial charge in [0.1, 0.15) is 5.82 Å². The van der Waals surface area contributed by atoms with Crippen LogP contribution in [0, 0.1) is 5.92 Å². The van der Waals surface area contributed by atoms with E-state index in [1.165, 1.54) is 42.5 Å². The van der Waals surface area contributed by atoms with Crippen LogP contribution in [0.15, 0.2) is 47.4 Å². The van der Waals surface area contributed by atoms with Crippen LogP contribution in [0.3, 0.4) is 0 Å². The lowest BCUT2D eigenvalue weighted by Crippen LogP contribution is -2.26. The molecular formula is C25H34N4O2S. The van der Waals surface area contributed by atoms with Gasteiger partial charge in [0.2, 0.25) is 0 Å². The van der Waals surface area contributed by atoms with E-state index < -0.39 is 10.0 Å². The average molecular weight is 455 g/mol. The SMILES string of the molecule is CN(c1ccc2c(c1)nc(C(C)(C)C)n2CC1CCCCC1)S(=O)(=O)c1cccc(N)c1. The fourth-order valence-corrected chi connectivity index (χ4v) is 5.91. The van der Waals surface area contributed by atoms with Gasteiger partial charge in [-0.25, -0.2) is 13.4 Å². The molecule has 0 amide bonds. The van der Waals surface area contributed by atoms with Crippen LogP contribution in [-0.2, 0) is 22.0 Å². The highest BCUT2D eigenvalue weighted by molar-refractivity contribution is 7.92. The van der Waals surface area contributed by atoms with E-state index in [1.54, 1.807) is 25.2 Å². The summed E-state index contributed by atoms with van der Waals surface area (Å²) in [6, 6.07) is 12.2. The van der Waals surface area contributed by atoms with Gasteiger partial charge in [-0.3, -0.25) is 4.31 Å². The molecule has 0 atom stereocenters. The smallest absolute Gasteiger partial charge is 0.264 e. The van der Waals surface area contributed by atoms with Crippen LogP contribution in [0.2, 0.25) is 0 Å². The number of sulfonamides is 1. The highest BCUT2D eigenvalue weighted by Crippen LogP contribution is 2.33. The molecule has 0 unspecified atom stereocenters. The van der Waals surface area contributed by atoms with Crippen molar-refractivity contribution < 1.29 is 8.42 Å². The minimum atomic E-state index is -3.72. The molecule has 2 aromatic carbocycles. The predicted molar refractivity (Wildman–Crippen MR) is 131 cm³/mol. The maximum atomic E-state index is 13.2. The Balaban J connectivity index is 1.74. The minimum absolute atomic E-state index is 0.104. The lowest BCUT2D eigenvalue weighted by molar-refractivity contribution is 0.313. The standard InChI is InChI=1S/C25H34N4O2S/c1-25(2,3)24-27-22-16-20(28(4)32(30,31)21-12-8-11-19(26)15-21)13-14-23(22)29(24)17-18-9-6-5-7-10-18/h8,11-16,18H,5-7,9-10,17,26H2,1-4H3. The summed E-state index contributed by atoms with van der Waals surface area (Å²) in [6.45, 7) is 7.52. The van der Waals surface area contributed by atoms with Crippen molar-refractivity contribution in [2.45, 2.75) is 69.7 Å². The Bertz CT molecular complexity index is 1220. The number of aromatic nitrogens is 2. The van der Waals surface area contributed by atoms with Crippen LogP contribution >= 0.6 is 0 Å². The zero-order valence-corrected chi connectivity index (χ0v) is 20.3. The molecule has 0 saturated heterocycles. The molecule has 0 spiro atoms. The largest absolute Gasteiger partial charge is 0.399 e. The number of hydrogen-bond donors (Lipinski definition) is 1. The van der Waals surface area contributed by atoms with Crippen molar-refractivity contribution in [3.05, 3.63) is 48.3 Å². The van der Waals surface area contributed by atoms with Crippen molar-refractivity contribution >= 4 is 32.4 Å². The second kappa shape index (κ2) is 8.43.